The molecule has 2 aliphatic rings. The normalized spacial score (nSPS) is 16.0. The summed E-state index contributed by atoms with van der Waals surface area (Å²) in [6, 6.07) is 1.38. The molecule has 0 unspecified atom stereocenters. The predicted molar refractivity (Wildman–Crippen MR) is 102 cm³/mol. The van der Waals surface area contributed by atoms with E-state index < -0.39 is 26.9 Å². The number of amides is 2. The number of hydrogen-bond donors (Lipinski definition) is 3. The largest absolute Gasteiger partial charge is 0.435 e. The summed E-state index contributed by atoms with van der Waals surface area (Å²) in [6.07, 6.45) is 6.83. The van der Waals surface area contributed by atoms with Gasteiger partial charge in [-0.05, 0) is 74.6 Å². The fourth-order valence-electron chi connectivity index (χ4n) is 3.93. The molecule has 9 heteroatoms. The molecule has 0 bridgehead atoms. The van der Waals surface area contributed by atoms with Gasteiger partial charge in [0.25, 0.3) is 0 Å². The van der Waals surface area contributed by atoms with E-state index in [1.807, 2.05) is 4.72 Å². The average Bonchev–Trinajstić information content (AvgIpc) is 3.33. The quantitative estimate of drug-likeness (QED) is 0.718. The van der Waals surface area contributed by atoms with Crippen molar-refractivity contribution in [3.8, 4) is 0 Å². The number of urea groups is 1. The zero-order valence-corrected chi connectivity index (χ0v) is 16.6. The zero-order chi connectivity index (χ0) is 20.1. The van der Waals surface area contributed by atoms with Crippen LogP contribution in [-0.2, 0) is 41.3 Å². The van der Waals surface area contributed by atoms with E-state index in [4.69, 9.17) is 4.42 Å². The molecule has 4 rings (SSSR count). The summed E-state index contributed by atoms with van der Waals surface area (Å²) in [4.78, 5) is 16.3. The van der Waals surface area contributed by atoms with Crippen molar-refractivity contribution in [2.45, 2.75) is 63.2 Å². The highest BCUT2D eigenvalue weighted by Gasteiger charge is 2.30. The number of aliphatic hydroxyl groups is 1. The first kappa shape index (κ1) is 18.9. The Balaban J connectivity index is 1.56. The molecule has 0 saturated carbocycles. The van der Waals surface area contributed by atoms with Gasteiger partial charge in [0, 0.05) is 5.69 Å². The molecule has 0 radical (unpaired) electrons. The van der Waals surface area contributed by atoms with Crippen LogP contribution in [0.3, 0.4) is 0 Å². The summed E-state index contributed by atoms with van der Waals surface area (Å²) in [5.74, 6) is 0. The van der Waals surface area contributed by atoms with Gasteiger partial charge in [-0.25, -0.2) is 9.52 Å². The Kier molecular flexibility index (Phi) is 4.46. The van der Waals surface area contributed by atoms with Crippen molar-refractivity contribution in [1.82, 2.24) is 9.71 Å². The number of nitrogens with zero attached hydrogens (tertiary/aromatic N) is 1. The molecule has 0 fully saturated rings. The van der Waals surface area contributed by atoms with Crippen LogP contribution in [0, 0.1) is 0 Å². The molecule has 2 aliphatic carbocycles. The molecule has 0 saturated heterocycles. The number of hydrogen-bond acceptors (Lipinski definition) is 6. The van der Waals surface area contributed by atoms with E-state index in [0.29, 0.717) is 0 Å². The third kappa shape index (κ3) is 3.40. The second-order valence-corrected chi connectivity index (χ2v) is 9.41. The van der Waals surface area contributed by atoms with E-state index in [9.17, 15) is 18.3 Å². The van der Waals surface area contributed by atoms with Gasteiger partial charge in [-0.3, -0.25) is 0 Å². The average molecular weight is 405 g/mol. The van der Waals surface area contributed by atoms with Crippen molar-refractivity contribution in [3.05, 3.63) is 40.3 Å². The van der Waals surface area contributed by atoms with Crippen molar-refractivity contribution in [2.24, 2.45) is 0 Å². The minimum Gasteiger partial charge on any atom is -0.435 e. The molecule has 0 spiro atoms. The second kappa shape index (κ2) is 6.59. The first-order valence-corrected chi connectivity index (χ1v) is 10.8. The van der Waals surface area contributed by atoms with E-state index in [0.717, 1.165) is 61.6 Å². The summed E-state index contributed by atoms with van der Waals surface area (Å²) in [6.45, 7) is 2.91. The van der Waals surface area contributed by atoms with E-state index in [1.54, 1.807) is 0 Å². The van der Waals surface area contributed by atoms with E-state index >= 15 is 0 Å². The molecule has 3 N–H and O–H groups in total. The maximum atomic E-state index is 12.5. The lowest BCUT2D eigenvalue weighted by Gasteiger charge is -2.16. The van der Waals surface area contributed by atoms with E-state index in [1.165, 1.54) is 25.0 Å². The topological polar surface area (TPSA) is 122 Å². The molecular weight excluding hydrogens is 382 g/mol. The number of anilines is 1. The van der Waals surface area contributed by atoms with Crippen LogP contribution >= 0.6 is 0 Å². The van der Waals surface area contributed by atoms with E-state index in [2.05, 4.69) is 16.4 Å². The Morgan fingerprint density at radius 1 is 1.14 bits per heavy atom. The number of sulfonamides is 1. The minimum absolute atomic E-state index is 0.0620. The monoisotopic (exact) mass is 405 g/mol. The summed E-state index contributed by atoms with van der Waals surface area (Å²) < 4.78 is 31.8. The molecular formula is C19H23N3O5S. The lowest BCUT2D eigenvalue weighted by molar-refractivity contribution is 0.0736. The molecule has 2 aromatic rings. The lowest BCUT2D eigenvalue weighted by atomic mass is 9.99. The first-order chi connectivity index (χ1) is 13.1. The fourth-order valence-corrected chi connectivity index (χ4v) is 4.71. The molecule has 0 aliphatic heterocycles. The van der Waals surface area contributed by atoms with Gasteiger partial charge in [-0.15, -0.1) is 0 Å². The van der Waals surface area contributed by atoms with Crippen molar-refractivity contribution in [1.29, 1.82) is 0 Å². The predicted octanol–water partition coefficient (Wildman–Crippen LogP) is 2.39. The number of carbonyl (C=O) groups excluding carboxylic acids is 1. The molecule has 1 aromatic heterocycles. The molecule has 28 heavy (non-hydrogen) atoms. The Morgan fingerprint density at radius 3 is 2.29 bits per heavy atom. The number of fused-ring (bicyclic) bond motifs is 2. The lowest BCUT2D eigenvalue weighted by Crippen LogP contribution is -2.35. The smallest absolute Gasteiger partial charge is 0.336 e. The highest BCUT2D eigenvalue weighted by molar-refractivity contribution is 7.89. The number of benzene rings is 1. The summed E-state index contributed by atoms with van der Waals surface area (Å²) in [5.41, 5.74) is 4.14. The molecule has 1 heterocycles. The fraction of sp³-hybridized carbons (Fsp3) is 0.474. The van der Waals surface area contributed by atoms with Crippen molar-refractivity contribution >= 4 is 21.7 Å². The van der Waals surface area contributed by atoms with Crippen molar-refractivity contribution < 1.29 is 22.7 Å². The molecule has 8 nitrogen and oxygen atoms in total. The molecule has 150 valence electrons. The number of carbonyl (C=O) groups is 1. The highest BCUT2D eigenvalue weighted by atomic mass is 32.2. The first-order valence-electron chi connectivity index (χ1n) is 9.34. The maximum Gasteiger partial charge on any atom is 0.336 e. The number of nitrogens with one attached hydrogen (secondary N) is 2. The van der Waals surface area contributed by atoms with Gasteiger partial charge in [-0.2, -0.15) is 13.4 Å². The van der Waals surface area contributed by atoms with Crippen LogP contribution in [-0.4, -0.2) is 24.5 Å². The summed E-state index contributed by atoms with van der Waals surface area (Å²) >= 11 is 0. The van der Waals surface area contributed by atoms with Crippen LogP contribution in [0.5, 0.6) is 0 Å². The van der Waals surface area contributed by atoms with Crippen LogP contribution in [0.25, 0.3) is 0 Å². The molecule has 0 atom stereocenters. The van der Waals surface area contributed by atoms with Crippen LogP contribution in [0.15, 0.2) is 22.0 Å². The molecule has 2 amide bonds. The Morgan fingerprint density at radius 2 is 1.75 bits per heavy atom. The van der Waals surface area contributed by atoms with Crippen LogP contribution in [0.4, 0.5) is 10.5 Å². The van der Waals surface area contributed by atoms with Crippen LogP contribution in [0.2, 0.25) is 0 Å². The Bertz CT molecular complexity index is 1020. The van der Waals surface area contributed by atoms with Gasteiger partial charge in [0.05, 0.1) is 0 Å². The SMILES string of the molecule is CC(C)(O)c1coc(S(=O)(=O)NC(=O)Nc2c3c(cc4c2CCC4)CCC3)n1. The molecule has 1 aromatic carbocycles. The van der Waals surface area contributed by atoms with Crippen molar-refractivity contribution in [2.75, 3.05) is 5.32 Å². The summed E-state index contributed by atoms with van der Waals surface area (Å²) in [5, 5.41) is 12.0. The number of oxazole rings is 1. The standard InChI is InChI=1S/C19H23N3O5S/c1-19(2,24)15-10-27-18(20-15)28(25,26)22-17(23)21-16-13-7-3-5-11(13)9-12-6-4-8-14(12)16/h9-10,24H,3-8H2,1-2H3,(H2,21,22,23). The number of aryl methyl sites for hydroxylation is 2. The van der Waals surface area contributed by atoms with Gasteiger partial charge in [0.1, 0.15) is 17.6 Å². The maximum absolute atomic E-state index is 12.5. The minimum atomic E-state index is -4.30. The van der Waals surface area contributed by atoms with Gasteiger partial charge < -0.3 is 14.8 Å². The second-order valence-electron chi connectivity index (χ2n) is 7.85. The van der Waals surface area contributed by atoms with E-state index in [-0.39, 0.29) is 5.69 Å². The highest BCUT2D eigenvalue weighted by Crippen LogP contribution is 2.38. The number of rotatable bonds is 4. The van der Waals surface area contributed by atoms with Crippen molar-refractivity contribution in [3.63, 3.8) is 0 Å². The van der Waals surface area contributed by atoms with Crippen LogP contribution in [0.1, 0.15) is 54.6 Å². The Labute approximate surface area is 163 Å². The number of aromatic nitrogens is 1. The zero-order valence-electron chi connectivity index (χ0n) is 15.8. The van der Waals surface area contributed by atoms with Gasteiger partial charge >= 0.3 is 21.3 Å². The third-order valence-electron chi connectivity index (χ3n) is 5.28. The van der Waals surface area contributed by atoms with Gasteiger partial charge in [-0.1, -0.05) is 6.07 Å². The van der Waals surface area contributed by atoms with Crippen LogP contribution < -0.4 is 10.0 Å². The van der Waals surface area contributed by atoms with Gasteiger partial charge in [0.15, 0.2) is 0 Å². The summed E-state index contributed by atoms with van der Waals surface area (Å²) in [7, 11) is -4.30. The van der Waals surface area contributed by atoms with Gasteiger partial charge in [0.2, 0.25) is 0 Å². The Hall–Kier alpha value is -2.39. The third-order valence-corrected chi connectivity index (χ3v) is 6.38.